The monoisotopic (exact) mass is 346 g/mol. The molecule has 0 aliphatic carbocycles. The Kier molecular flexibility index (Phi) is 6.15. The van der Waals surface area contributed by atoms with E-state index in [2.05, 4.69) is 34.8 Å². The number of likely N-dealkylation sites (tertiary alicyclic amines) is 2. The van der Waals surface area contributed by atoms with Gasteiger partial charge in [-0.05, 0) is 78.5 Å². The number of carbonyl (C=O) groups excluding carboxylic acids is 1. The quantitative estimate of drug-likeness (QED) is 0.793. The Morgan fingerprint density at radius 1 is 1.20 bits per heavy atom. The van der Waals surface area contributed by atoms with E-state index in [4.69, 9.17) is 0 Å². The van der Waals surface area contributed by atoms with Crippen molar-refractivity contribution in [1.82, 2.24) is 19.6 Å². The number of rotatable bonds is 6. The lowest BCUT2D eigenvalue weighted by atomic mass is 9.98. The summed E-state index contributed by atoms with van der Waals surface area (Å²) >= 11 is 0. The van der Waals surface area contributed by atoms with Gasteiger partial charge in [0.15, 0.2) is 0 Å². The highest BCUT2D eigenvalue weighted by molar-refractivity contribution is 5.77. The van der Waals surface area contributed by atoms with Crippen LogP contribution in [0.2, 0.25) is 0 Å². The molecule has 140 valence electrons. The predicted molar refractivity (Wildman–Crippen MR) is 101 cm³/mol. The van der Waals surface area contributed by atoms with Crippen molar-refractivity contribution in [3.8, 4) is 0 Å². The van der Waals surface area contributed by atoms with Crippen molar-refractivity contribution in [3.63, 3.8) is 0 Å². The minimum atomic E-state index is 0.127. The summed E-state index contributed by atoms with van der Waals surface area (Å²) in [6.07, 6.45) is 7.97. The van der Waals surface area contributed by atoms with Crippen molar-refractivity contribution in [2.75, 3.05) is 26.2 Å². The second kappa shape index (κ2) is 8.35. The number of nitrogens with zero attached hydrogens (tertiary/aromatic N) is 4. The predicted octanol–water partition coefficient (Wildman–Crippen LogP) is 3.32. The maximum atomic E-state index is 13.0. The average molecular weight is 347 g/mol. The summed E-state index contributed by atoms with van der Waals surface area (Å²) < 4.78 is 2.01. The van der Waals surface area contributed by atoms with Crippen molar-refractivity contribution in [2.24, 2.45) is 0 Å². The van der Waals surface area contributed by atoms with Gasteiger partial charge >= 0.3 is 0 Å². The number of hydrogen-bond donors (Lipinski definition) is 0. The highest BCUT2D eigenvalue weighted by Crippen LogP contribution is 2.24. The van der Waals surface area contributed by atoms with E-state index in [0.717, 1.165) is 37.3 Å². The molecule has 2 fully saturated rings. The molecule has 2 aliphatic heterocycles. The molecule has 2 aliphatic rings. The number of aromatic nitrogens is 2. The van der Waals surface area contributed by atoms with E-state index in [1.165, 1.54) is 38.8 Å². The molecule has 3 heterocycles. The van der Waals surface area contributed by atoms with Gasteiger partial charge in [-0.25, -0.2) is 0 Å². The molecule has 0 radical (unpaired) electrons. The summed E-state index contributed by atoms with van der Waals surface area (Å²) in [5.41, 5.74) is 2.17. The van der Waals surface area contributed by atoms with Crippen LogP contribution in [0, 0.1) is 13.8 Å². The van der Waals surface area contributed by atoms with Crippen molar-refractivity contribution >= 4 is 5.91 Å². The zero-order valence-corrected chi connectivity index (χ0v) is 16.2. The van der Waals surface area contributed by atoms with Gasteiger partial charge in [0.2, 0.25) is 5.91 Å². The minimum absolute atomic E-state index is 0.127. The molecule has 0 aromatic carbocycles. The van der Waals surface area contributed by atoms with E-state index in [0.29, 0.717) is 18.4 Å². The van der Waals surface area contributed by atoms with Crippen LogP contribution in [-0.2, 0) is 4.79 Å². The fourth-order valence-electron chi connectivity index (χ4n) is 4.52. The van der Waals surface area contributed by atoms with E-state index < -0.39 is 0 Å². The molecule has 25 heavy (non-hydrogen) atoms. The Hall–Kier alpha value is -1.36. The van der Waals surface area contributed by atoms with E-state index in [1.807, 2.05) is 11.6 Å². The van der Waals surface area contributed by atoms with Gasteiger partial charge in [-0.1, -0.05) is 0 Å². The fraction of sp³-hybridized carbons (Fsp3) is 0.800. The first-order chi connectivity index (χ1) is 12.0. The molecule has 1 aromatic rings. The molecule has 0 spiro atoms. The first-order valence-corrected chi connectivity index (χ1v) is 10.1. The molecule has 3 rings (SSSR count). The van der Waals surface area contributed by atoms with Crippen LogP contribution < -0.4 is 0 Å². The third-order valence-corrected chi connectivity index (χ3v) is 5.86. The zero-order chi connectivity index (χ0) is 17.8. The molecule has 5 nitrogen and oxygen atoms in total. The van der Waals surface area contributed by atoms with E-state index in [-0.39, 0.29) is 6.04 Å². The standard InChI is InChI=1S/C20H34N4O/c1-16-14-17(2)24(21-16)18(3)15-20(25)23-12-5-4-8-19(23)9-13-22-10-6-7-11-22/h14,18-19H,4-13,15H2,1-3H3/t18-,19-/m1/s1. The lowest BCUT2D eigenvalue weighted by Gasteiger charge is -2.37. The molecule has 2 saturated heterocycles. The lowest BCUT2D eigenvalue weighted by molar-refractivity contribution is -0.135. The molecule has 5 heteroatoms. The molecule has 1 amide bonds. The zero-order valence-electron chi connectivity index (χ0n) is 16.2. The summed E-state index contributed by atoms with van der Waals surface area (Å²) in [5, 5.41) is 4.56. The van der Waals surface area contributed by atoms with Crippen molar-refractivity contribution < 1.29 is 4.79 Å². The SMILES string of the molecule is Cc1cc(C)n([C@H](C)CC(=O)N2CCCC[C@@H]2CCN2CCCC2)n1. The maximum absolute atomic E-state index is 13.0. The van der Waals surface area contributed by atoms with Gasteiger partial charge in [-0.15, -0.1) is 0 Å². The third kappa shape index (κ3) is 4.63. The molecule has 0 bridgehead atoms. The highest BCUT2D eigenvalue weighted by Gasteiger charge is 2.28. The van der Waals surface area contributed by atoms with Gasteiger partial charge in [-0.3, -0.25) is 9.48 Å². The number of hydrogen-bond acceptors (Lipinski definition) is 3. The largest absolute Gasteiger partial charge is 0.340 e. The lowest BCUT2D eigenvalue weighted by Crippen LogP contribution is -2.45. The van der Waals surface area contributed by atoms with Crippen LogP contribution in [0.1, 0.15) is 69.3 Å². The summed E-state index contributed by atoms with van der Waals surface area (Å²) in [5.74, 6) is 0.311. The summed E-state index contributed by atoms with van der Waals surface area (Å²) in [4.78, 5) is 17.7. The number of amides is 1. The average Bonchev–Trinajstić information content (AvgIpc) is 3.22. The Balaban J connectivity index is 1.57. The number of aryl methyl sites for hydroxylation is 2. The van der Waals surface area contributed by atoms with Crippen LogP contribution in [0.5, 0.6) is 0 Å². The number of carbonyl (C=O) groups is 1. The van der Waals surface area contributed by atoms with Gasteiger partial charge < -0.3 is 9.80 Å². The maximum Gasteiger partial charge on any atom is 0.224 e. The Bertz CT molecular complexity index is 576. The molecule has 1 aromatic heterocycles. The van der Waals surface area contributed by atoms with E-state index in [9.17, 15) is 4.79 Å². The van der Waals surface area contributed by atoms with Crippen LogP contribution in [0.25, 0.3) is 0 Å². The third-order valence-electron chi connectivity index (χ3n) is 5.86. The fourth-order valence-corrected chi connectivity index (χ4v) is 4.52. The van der Waals surface area contributed by atoms with Gasteiger partial charge in [-0.2, -0.15) is 5.10 Å². The van der Waals surface area contributed by atoms with Gasteiger partial charge in [0.25, 0.3) is 0 Å². The van der Waals surface area contributed by atoms with Gasteiger partial charge in [0, 0.05) is 31.2 Å². The second-order valence-corrected chi connectivity index (χ2v) is 8.00. The molecular weight excluding hydrogens is 312 g/mol. The van der Waals surface area contributed by atoms with Crippen LogP contribution in [0.15, 0.2) is 6.07 Å². The van der Waals surface area contributed by atoms with Gasteiger partial charge in [0.05, 0.1) is 11.7 Å². The summed E-state index contributed by atoms with van der Waals surface area (Å²) in [6, 6.07) is 2.65. The van der Waals surface area contributed by atoms with Crippen LogP contribution in [0.3, 0.4) is 0 Å². The summed E-state index contributed by atoms with van der Waals surface area (Å²) in [7, 11) is 0. The molecule has 0 saturated carbocycles. The van der Waals surface area contributed by atoms with E-state index >= 15 is 0 Å². The highest BCUT2D eigenvalue weighted by atomic mass is 16.2. The van der Waals surface area contributed by atoms with Crippen molar-refractivity contribution in [1.29, 1.82) is 0 Å². The Morgan fingerprint density at radius 2 is 1.92 bits per heavy atom. The van der Waals surface area contributed by atoms with Crippen LogP contribution >= 0.6 is 0 Å². The number of piperidine rings is 1. The molecular formula is C20H34N4O. The Morgan fingerprint density at radius 3 is 2.60 bits per heavy atom. The topological polar surface area (TPSA) is 41.4 Å². The smallest absolute Gasteiger partial charge is 0.224 e. The van der Waals surface area contributed by atoms with Crippen LogP contribution in [-0.4, -0.2) is 57.7 Å². The second-order valence-electron chi connectivity index (χ2n) is 8.00. The Labute approximate surface area is 152 Å². The first kappa shape index (κ1) is 18.4. The molecule has 2 atom stereocenters. The molecule has 0 unspecified atom stereocenters. The molecule has 0 N–H and O–H groups in total. The van der Waals surface area contributed by atoms with E-state index in [1.54, 1.807) is 0 Å². The van der Waals surface area contributed by atoms with Gasteiger partial charge in [0.1, 0.15) is 0 Å². The van der Waals surface area contributed by atoms with Crippen molar-refractivity contribution in [2.45, 2.75) is 77.8 Å². The van der Waals surface area contributed by atoms with Crippen molar-refractivity contribution in [3.05, 3.63) is 17.5 Å². The normalized spacial score (nSPS) is 23.2. The summed E-state index contributed by atoms with van der Waals surface area (Å²) in [6.45, 7) is 10.8. The minimum Gasteiger partial charge on any atom is -0.340 e. The first-order valence-electron chi connectivity index (χ1n) is 10.1. The van der Waals surface area contributed by atoms with Crippen LogP contribution in [0.4, 0.5) is 0 Å².